The minimum atomic E-state index is -4.36. The monoisotopic (exact) mass is 519 g/mol. The summed E-state index contributed by atoms with van der Waals surface area (Å²) in [4.78, 5) is 21.3. The van der Waals surface area contributed by atoms with Gasteiger partial charge in [0.05, 0.1) is 28.8 Å². The molecule has 0 N–H and O–H groups in total. The van der Waals surface area contributed by atoms with Crippen LogP contribution >= 0.6 is 11.3 Å². The van der Waals surface area contributed by atoms with Gasteiger partial charge in [-0.25, -0.2) is 4.98 Å². The highest BCUT2D eigenvalue weighted by Gasteiger charge is 2.33. The van der Waals surface area contributed by atoms with Crippen molar-refractivity contribution < 1.29 is 22.7 Å². The van der Waals surface area contributed by atoms with Crippen LogP contribution in [0.3, 0.4) is 0 Å². The molecule has 1 aliphatic rings. The Labute approximate surface area is 213 Å². The van der Waals surface area contributed by atoms with Crippen LogP contribution in [0, 0.1) is 12.8 Å². The second kappa shape index (κ2) is 10.8. The number of anilines is 1. The molecular weight excluding hydrogens is 487 g/mol. The molecule has 0 aliphatic carbocycles. The second-order valence-corrected chi connectivity index (χ2v) is 10.7. The summed E-state index contributed by atoms with van der Waals surface area (Å²) in [6.07, 6.45) is -4.10. The van der Waals surface area contributed by atoms with Crippen molar-refractivity contribution >= 4 is 32.7 Å². The normalized spacial score (nSPS) is 17.2. The van der Waals surface area contributed by atoms with E-state index in [-0.39, 0.29) is 18.4 Å². The summed E-state index contributed by atoms with van der Waals surface area (Å²) in [6.45, 7) is 11.7. The number of hydrogen-bond acceptors (Lipinski definition) is 6. The number of rotatable bonds is 7. The third-order valence-corrected chi connectivity index (χ3v) is 7.53. The van der Waals surface area contributed by atoms with E-state index in [9.17, 15) is 18.0 Å². The molecule has 0 bridgehead atoms. The fraction of sp³-hybridized carbons (Fsp3) is 0.481. The lowest BCUT2D eigenvalue weighted by Gasteiger charge is -2.43. The number of carbonyl (C=O) groups excluding carboxylic acids is 1. The number of piperazine rings is 1. The summed E-state index contributed by atoms with van der Waals surface area (Å²) in [6, 6.07) is 10.2. The van der Waals surface area contributed by atoms with Crippen LogP contribution < -0.4 is 4.90 Å². The number of esters is 1. The van der Waals surface area contributed by atoms with Gasteiger partial charge in [-0.15, -0.1) is 0 Å². The van der Waals surface area contributed by atoms with Crippen LogP contribution in [-0.4, -0.2) is 48.1 Å². The minimum Gasteiger partial charge on any atom is -0.466 e. The summed E-state index contributed by atoms with van der Waals surface area (Å²) in [7, 11) is 0. The summed E-state index contributed by atoms with van der Waals surface area (Å²) in [5, 5.41) is 0.773. The summed E-state index contributed by atoms with van der Waals surface area (Å²) in [5.74, 6) is 0.114. The third kappa shape index (κ3) is 6.18. The van der Waals surface area contributed by atoms with E-state index in [1.54, 1.807) is 6.92 Å². The zero-order valence-corrected chi connectivity index (χ0v) is 21.9. The fourth-order valence-electron chi connectivity index (χ4n) is 4.81. The van der Waals surface area contributed by atoms with Crippen molar-refractivity contribution in [1.82, 2.24) is 9.88 Å². The Bertz CT molecular complexity index is 1220. The number of aromatic nitrogens is 1. The predicted octanol–water partition coefficient (Wildman–Crippen LogP) is 6.08. The molecular formula is C27H32F3N3O2S. The van der Waals surface area contributed by atoms with Crippen LogP contribution in [-0.2, 0) is 28.7 Å². The number of nitrogens with zero attached hydrogens (tertiary/aromatic N) is 3. The standard InChI is InChI=1S/C27H32F3N3O2S/c1-5-35-25(34)13-19-10-18(4)11-20(12-19)15-32-8-9-33(23(16-32)17(2)3)26-31-22-7-6-21(27(28,29)30)14-24(22)36-26/h6-7,10-12,14,17,23H,5,8-9,13,15-16H2,1-4H3/t23-/m1/s1. The van der Waals surface area contributed by atoms with Crippen LogP contribution in [0.2, 0.25) is 0 Å². The lowest BCUT2D eigenvalue weighted by Crippen LogP contribution is -2.55. The summed E-state index contributed by atoms with van der Waals surface area (Å²) in [5.41, 5.74) is 3.18. The average Bonchev–Trinajstić information content (AvgIpc) is 3.21. The predicted molar refractivity (Wildman–Crippen MR) is 137 cm³/mol. The number of ether oxygens (including phenoxy) is 1. The van der Waals surface area contributed by atoms with Crippen LogP contribution in [0.25, 0.3) is 10.2 Å². The van der Waals surface area contributed by atoms with Gasteiger partial charge >= 0.3 is 12.1 Å². The number of alkyl halides is 3. The molecule has 9 heteroatoms. The fourth-order valence-corrected chi connectivity index (χ4v) is 5.90. The molecule has 4 rings (SSSR count). The number of thiazole rings is 1. The van der Waals surface area contributed by atoms with E-state index < -0.39 is 11.7 Å². The Hall–Kier alpha value is -2.65. The molecule has 0 unspecified atom stereocenters. The molecule has 1 atom stereocenters. The number of fused-ring (bicyclic) bond motifs is 1. The van der Waals surface area contributed by atoms with Gasteiger partial charge in [0.25, 0.3) is 0 Å². The van der Waals surface area contributed by atoms with Crippen LogP contribution in [0.5, 0.6) is 0 Å². The Morgan fingerprint density at radius 2 is 1.92 bits per heavy atom. The number of halogens is 3. The minimum absolute atomic E-state index is 0.185. The molecule has 3 aromatic rings. The quantitative estimate of drug-likeness (QED) is 0.354. The Morgan fingerprint density at radius 1 is 1.17 bits per heavy atom. The first kappa shape index (κ1) is 26.4. The average molecular weight is 520 g/mol. The van der Waals surface area contributed by atoms with E-state index in [0.717, 1.165) is 54.1 Å². The van der Waals surface area contributed by atoms with Crippen molar-refractivity contribution in [3.05, 3.63) is 58.7 Å². The van der Waals surface area contributed by atoms with E-state index in [2.05, 4.69) is 40.8 Å². The Balaban J connectivity index is 1.50. The van der Waals surface area contributed by atoms with Gasteiger partial charge < -0.3 is 9.64 Å². The number of hydrogen-bond donors (Lipinski definition) is 0. The molecule has 5 nitrogen and oxygen atoms in total. The van der Waals surface area contributed by atoms with E-state index in [0.29, 0.717) is 22.7 Å². The molecule has 194 valence electrons. The van der Waals surface area contributed by atoms with Crippen molar-refractivity contribution in [2.75, 3.05) is 31.1 Å². The zero-order chi connectivity index (χ0) is 26.0. The van der Waals surface area contributed by atoms with Gasteiger partial charge in [0.1, 0.15) is 0 Å². The largest absolute Gasteiger partial charge is 0.466 e. The smallest absolute Gasteiger partial charge is 0.416 e. The van der Waals surface area contributed by atoms with Gasteiger partial charge in [0, 0.05) is 32.2 Å². The third-order valence-electron chi connectivity index (χ3n) is 6.48. The van der Waals surface area contributed by atoms with Gasteiger partial charge in [-0.2, -0.15) is 13.2 Å². The summed E-state index contributed by atoms with van der Waals surface area (Å²) >= 11 is 1.33. The number of aryl methyl sites for hydroxylation is 1. The highest BCUT2D eigenvalue weighted by molar-refractivity contribution is 7.22. The topological polar surface area (TPSA) is 45.7 Å². The maximum atomic E-state index is 13.2. The van der Waals surface area contributed by atoms with Gasteiger partial charge in [-0.1, -0.05) is 48.9 Å². The molecule has 1 fully saturated rings. The highest BCUT2D eigenvalue weighted by atomic mass is 32.1. The van der Waals surface area contributed by atoms with Gasteiger partial charge in [-0.05, 0) is 49.1 Å². The van der Waals surface area contributed by atoms with Crippen molar-refractivity contribution in [2.24, 2.45) is 5.92 Å². The van der Waals surface area contributed by atoms with Gasteiger partial charge in [0.15, 0.2) is 5.13 Å². The Kier molecular flexibility index (Phi) is 7.90. The maximum Gasteiger partial charge on any atom is 0.416 e. The zero-order valence-electron chi connectivity index (χ0n) is 21.1. The van der Waals surface area contributed by atoms with Crippen molar-refractivity contribution in [3.8, 4) is 0 Å². The molecule has 1 aromatic heterocycles. The molecule has 2 heterocycles. The van der Waals surface area contributed by atoms with Crippen molar-refractivity contribution in [3.63, 3.8) is 0 Å². The molecule has 36 heavy (non-hydrogen) atoms. The first-order valence-corrected chi connectivity index (χ1v) is 13.1. The molecule has 0 radical (unpaired) electrons. The van der Waals surface area contributed by atoms with E-state index in [1.165, 1.54) is 23.5 Å². The lowest BCUT2D eigenvalue weighted by atomic mass is 9.99. The van der Waals surface area contributed by atoms with E-state index in [1.807, 2.05) is 13.0 Å². The van der Waals surface area contributed by atoms with Crippen LogP contribution in [0.4, 0.5) is 18.3 Å². The van der Waals surface area contributed by atoms with Crippen LogP contribution in [0.1, 0.15) is 43.0 Å². The summed E-state index contributed by atoms with van der Waals surface area (Å²) < 4.78 is 45.1. The SMILES string of the molecule is CCOC(=O)Cc1cc(C)cc(CN2CCN(c3nc4ccc(C(F)(F)F)cc4s3)[C@@H](C(C)C)C2)c1. The molecule has 1 aliphatic heterocycles. The molecule has 0 saturated carbocycles. The van der Waals surface area contributed by atoms with Crippen molar-refractivity contribution in [1.29, 1.82) is 0 Å². The second-order valence-electron chi connectivity index (χ2n) is 9.73. The molecule has 2 aromatic carbocycles. The Morgan fingerprint density at radius 3 is 2.61 bits per heavy atom. The van der Waals surface area contributed by atoms with Gasteiger partial charge in [0.2, 0.25) is 0 Å². The number of carbonyl (C=O) groups is 1. The molecule has 0 amide bonds. The van der Waals surface area contributed by atoms with Gasteiger partial charge in [-0.3, -0.25) is 9.69 Å². The number of benzene rings is 2. The first-order valence-electron chi connectivity index (χ1n) is 12.3. The van der Waals surface area contributed by atoms with E-state index >= 15 is 0 Å². The lowest BCUT2D eigenvalue weighted by molar-refractivity contribution is -0.142. The molecule has 0 spiro atoms. The maximum absolute atomic E-state index is 13.2. The first-order chi connectivity index (χ1) is 17.0. The highest BCUT2D eigenvalue weighted by Crippen LogP contribution is 2.37. The van der Waals surface area contributed by atoms with E-state index in [4.69, 9.17) is 4.74 Å². The van der Waals surface area contributed by atoms with Crippen molar-refractivity contribution in [2.45, 2.75) is 52.9 Å². The molecule has 1 saturated heterocycles. The van der Waals surface area contributed by atoms with Crippen LogP contribution in [0.15, 0.2) is 36.4 Å².